The van der Waals surface area contributed by atoms with Crippen molar-refractivity contribution in [1.82, 2.24) is 19.6 Å². The van der Waals surface area contributed by atoms with E-state index in [2.05, 4.69) is 35.1 Å². The quantitative estimate of drug-likeness (QED) is 0.297. The molecule has 6 nitrogen and oxygen atoms in total. The van der Waals surface area contributed by atoms with Crippen molar-refractivity contribution in [3.63, 3.8) is 0 Å². The molecule has 0 aromatic rings. The molecule has 0 amide bonds. The van der Waals surface area contributed by atoms with Gasteiger partial charge in [-0.1, -0.05) is 103 Å². The highest BCUT2D eigenvalue weighted by Crippen LogP contribution is 2.20. The highest BCUT2D eigenvalue weighted by Gasteiger charge is 2.22. The molecule has 0 spiro atoms. The van der Waals surface area contributed by atoms with Gasteiger partial charge >= 0.3 is 0 Å². The normalized spacial score (nSPS) is 39.0. The second kappa shape index (κ2) is 22.5. The van der Waals surface area contributed by atoms with Crippen LogP contribution < -0.4 is 0 Å². The van der Waals surface area contributed by atoms with Gasteiger partial charge in [0.25, 0.3) is 0 Å². The van der Waals surface area contributed by atoms with Crippen molar-refractivity contribution in [1.29, 1.82) is 0 Å². The van der Waals surface area contributed by atoms with Crippen LogP contribution in [0.3, 0.4) is 0 Å². The minimum Gasteiger partial charge on any atom is -0.379 e. The van der Waals surface area contributed by atoms with Crippen LogP contribution in [0.25, 0.3) is 0 Å². The molecule has 0 N–H and O–H groups in total. The number of hydrogen-bond donors (Lipinski definition) is 0. The molecule has 1 atom stereocenters. The zero-order chi connectivity index (χ0) is 51.2. The Morgan fingerprint density at radius 2 is 0.957 bits per heavy atom. The Hall–Kier alpha value is -0.240. The van der Waals surface area contributed by atoms with Gasteiger partial charge in [-0.05, 0) is 80.4 Å². The molecule has 46 heavy (non-hydrogen) atoms. The number of rotatable bonds is 4. The van der Waals surface area contributed by atoms with Crippen molar-refractivity contribution < 1.29 is 35.5 Å². The average Bonchev–Trinajstić information content (AvgIpc) is 3.04. The van der Waals surface area contributed by atoms with Gasteiger partial charge in [0.05, 0.1) is 35.4 Å². The topological polar surface area (TPSA) is 31.4 Å². The summed E-state index contributed by atoms with van der Waals surface area (Å²) in [5.74, 6) is 0. The van der Waals surface area contributed by atoms with E-state index in [-0.39, 0.29) is 24.3 Å². The van der Waals surface area contributed by atoms with E-state index < -0.39 is 75.6 Å². The lowest BCUT2D eigenvalue weighted by molar-refractivity contribution is -0.0276. The summed E-state index contributed by atoms with van der Waals surface area (Å²) < 4.78 is 158. The molecule has 1 unspecified atom stereocenters. The number of ether oxygens (including phenoxy) is 2. The first kappa shape index (κ1) is 22.6. The highest BCUT2D eigenvalue weighted by atomic mass is 16.5. The molecule has 0 aliphatic carbocycles. The SMILES string of the molecule is C.CC(C)(C)CN1CCCCC1.[2H]C([2H])(N1CCCCC1)C(C)(C)C.[2H]C1([2H])OC([2H])(C)C([2H])([2H])N(C([2H])([2H])C(C)(C)C)C1([2H])[2H].[2H]C1([2H])OC([2H])([2H])C([2H])([2H])N(CC(C)(C)C)C1([2H])[2H]. The van der Waals surface area contributed by atoms with Gasteiger partial charge in [-0.25, -0.2) is 0 Å². The maximum absolute atomic E-state index is 8.14. The summed E-state index contributed by atoms with van der Waals surface area (Å²) in [6, 6.07) is 0. The van der Waals surface area contributed by atoms with E-state index in [1.807, 2.05) is 25.7 Å². The van der Waals surface area contributed by atoms with E-state index in [4.69, 9.17) is 26.0 Å². The van der Waals surface area contributed by atoms with Crippen molar-refractivity contribution in [3.8, 4) is 0 Å². The first-order valence-electron chi connectivity index (χ1n) is 26.3. The summed E-state index contributed by atoms with van der Waals surface area (Å²) in [5.41, 5.74) is -1.57. The summed E-state index contributed by atoms with van der Waals surface area (Å²) in [7, 11) is 0. The van der Waals surface area contributed by atoms with Crippen LogP contribution in [0.1, 0.15) is 162 Å². The van der Waals surface area contributed by atoms with E-state index in [0.717, 1.165) is 32.9 Å². The summed E-state index contributed by atoms with van der Waals surface area (Å²) in [6.45, 7) is 4.77. The summed E-state index contributed by atoms with van der Waals surface area (Å²) in [4.78, 5) is 5.33. The lowest BCUT2D eigenvalue weighted by atomic mass is 9.95. The van der Waals surface area contributed by atoms with Crippen molar-refractivity contribution in [2.45, 2.75) is 142 Å². The van der Waals surface area contributed by atoms with E-state index in [1.54, 1.807) is 20.8 Å². The van der Waals surface area contributed by atoms with Gasteiger partial charge in [0.15, 0.2) is 0 Å². The third-order valence-corrected chi connectivity index (χ3v) is 6.17. The Balaban J connectivity index is 0.000000860. The number of likely N-dealkylation sites (tertiary alicyclic amines) is 2. The molecule has 0 aromatic carbocycles. The van der Waals surface area contributed by atoms with Gasteiger partial charge in [0.2, 0.25) is 0 Å². The maximum atomic E-state index is 8.14. The lowest BCUT2D eigenvalue weighted by Crippen LogP contribution is -2.44. The second-order valence-electron chi connectivity index (χ2n) is 16.7. The largest absolute Gasteiger partial charge is 0.379 e. The summed E-state index contributed by atoms with van der Waals surface area (Å²) in [5, 5.41) is 0. The minimum atomic E-state index is -3.10. The average molecular weight is 674 g/mol. The third-order valence-electron chi connectivity index (χ3n) is 6.17. The lowest BCUT2D eigenvalue weighted by Gasteiger charge is -2.35. The van der Waals surface area contributed by atoms with Crippen LogP contribution in [0, 0.1) is 21.7 Å². The molecule has 6 heteroatoms. The van der Waals surface area contributed by atoms with Crippen molar-refractivity contribution >= 4 is 0 Å². The molecular weight excluding hydrogens is 568 g/mol. The molecule has 4 aliphatic rings. The zero-order valence-corrected chi connectivity index (χ0v) is 31.1. The molecule has 4 fully saturated rings. The van der Waals surface area contributed by atoms with E-state index in [9.17, 15) is 0 Å². The summed E-state index contributed by atoms with van der Waals surface area (Å²) >= 11 is 0. The summed E-state index contributed by atoms with van der Waals surface area (Å²) in [6.07, 6.45) is 5.34. The first-order valence-corrected chi connectivity index (χ1v) is 16.8. The van der Waals surface area contributed by atoms with Crippen molar-refractivity contribution in [2.24, 2.45) is 21.7 Å². The first-order chi connectivity index (χ1) is 27.8. The van der Waals surface area contributed by atoms with Crippen LogP contribution in [-0.4, -0.2) is 124 Å². The van der Waals surface area contributed by atoms with Crippen LogP contribution >= 0.6 is 0 Å². The van der Waals surface area contributed by atoms with Crippen molar-refractivity contribution in [2.75, 3.05) is 97.9 Å². The van der Waals surface area contributed by atoms with E-state index >= 15 is 0 Å². The molecule has 0 aromatic heterocycles. The van der Waals surface area contributed by atoms with Gasteiger partial charge in [0, 0.05) is 68.5 Å². The molecule has 0 radical (unpaired) electrons. The fourth-order valence-electron chi connectivity index (χ4n) is 4.78. The van der Waals surface area contributed by atoms with Crippen LogP contribution in [0.5, 0.6) is 0 Å². The van der Waals surface area contributed by atoms with Crippen LogP contribution in [0.4, 0.5) is 0 Å². The van der Waals surface area contributed by atoms with E-state index in [1.165, 1.54) is 66.1 Å². The Labute approximate surface area is 317 Å². The second-order valence-corrected chi connectivity index (χ2v) is 16.7. The van der Waals surface area contributed by atoms with Gasteiger partial charge < -0.3 is 19.3 Å². The molecule has 4 rings (SSSR count). The monoisotopic (exact) mass is 674 g/mol. The standard InChI is InChI=1S/C10H21NO.2C10H21N.C9H19NO.CH4/c1-9-7-11(5-6-12-9)8-10(2,3)4;2*1-10(2,3)9-11-7-5-4-6-8-11;1-9(2,3)8-10-4-6-11-7-5-10;/h9H,5-8H2,1-4H3;2*4-9H2,1-3H3;4-8H2,1-3H3;1H4/i5D2,6D2,7D2,8D2,9D;9D2;;4D2,5D2,6D2,7D2;. The van der Waals surface area contributed by atoms with Gasteiger partial charge in [-0.3, -0.25) is 9.80 Å². The van der Waals surface area contributed by atoms with Gasteiger partial charge in [-0.15, -0.1) is 0 Å². The molecular formula is C40H86N4O2. The van der Waals surface area contributed by atoms with Crippen LogP contribution in [-0.2, 0) is 9.47 Å². The Morgan fingerprint density at radius 3 is 1.39 bits per heavy atom. The smallest absolute Gasteiger partial charge is 0.0674 e. The van der Waals surface area contributed by atoms with E-state index in [0.29, 0.717) is 10.3 Å². The van der Waals surface area contributed by atoms with Gasteiger partial charge in [-0.2, -0.15) is 0 Å². The molecule has 278 valence electrons. The predicted molar refractivity (Wildman–Crippen MR) is 204 cm³/mol. The Bertz CT molecular complexity index is 1430. The number of piperidine rings is 2. The van der Waals surface area contributed by atoms with Crippen LogP contribution in [0.2, 0.25) is 0 Å². The third kappa shape index (κ3) is 27.7. The zero-order valence-electron chi connectivity index (χ0n) is 50.1. The minimum absolute atomic E-state index is 0. The molecule has 0 bridgehead atoms. The Kier molecular flexibility index (Phi) is 11.0. The maximum Gasteiger partial charge on any atom is 0.0674 e. The number of morpholine rings is 2. The van der Waals surface area contributed by atoms with Gasteiger partial charge in [0.1, 0.15) is 0 Å². The number of nitrogens with zero attached hydrogens (tertiary/aromatic N) is 4. The molecule has 4 aliphatic heterocycles. The highest BCUT2D eigenvalue weighted by molar-refractivity contribution is 4.75. The van der Waals surface area contributed by atoms with Crippen molar-refractivity contribution in [3.05, 3.63) is 0 Å². The molecule has 4 heterocycles. The molecule has 0 saturated carbocycles. The Morgan fingerprint density at radius 1 is 0.565 bits per heavy atom. The fourth-order valence-corrected chi connectivity index (χ4v) is 4.78. The predicted octanol–water partition coefficient (Wildman–Crippen LogP) is 8.79. The van der Waals surface area contributed by atoms with Crippen LogP contribution in [0.15, 0.2) is 0 Å². The molecule has 4 saturated heterocycles. The fraction of sp³-hybridized carbons (Fsp3) is 1.00. The number of hydrogen-bond acceptors (Lipinski definition) is 6.